The van der Waals surface area contributed by atoms with E-state index < -0.39 is 11.7 Å². The van der Waals surface area contributed by atoms with Crippen LogP contribution in [0.4, 0.5) is 13.2 Å². The molecule has 2 nitrogen and oxygen atoms in total. The van der Waals surface area contributed by atoms with E-state index in [1.54, 1.807) is 0 Å². The number of nitrogens with zero attached hydrogens (tertiary/aromatic N) is 1. The third-order valence-corrected chi connectivity index (χ3v) is 3.54. The number of hydrogen-bond donors (Lipinski definition) is 1. The van der Waals surface area contributed by atoms with Crippen molar-refractivity contribution in [3.8, 4) is 0 Å². The molecule has 1 atom stereocenters. The smallest absolute Gasteiger partial charge is 0.310 e. The van der Waals surface area contributed by atoms with Gasteiger partial charge in [0.2, 0.25) is 0 Å². The summed E-state index contributed by atoms with van der Waals surface area (Å²) in [6.45, 7) is 2.57. The van der Waals surface area contributed by atoms with Gasteiger partial charge in [-0.25, -0.2) is 0 Å². The average Bonchev–Trinajstić information content (AvgIpc) is 2.25. The van der Waals surface area contributed by atoms with E-state index in [0.29, 0.717) is 12.5 Å². The molecular weight excluding hydrogens is 241 g/mol. The molecule has 0 aromatic carbocycles. The molecule has 1 N–H and O–H groups in total. The molecule has 1 heterocycles. The van der Waals surface area contributed by atoms with Gasteiger partial charge in [-0.1, -0.05) is 13.3 Å². The molecule has 1 saturated carbocycles. The first-order chi connectivity index (χ1) is 8.54. The Labute approximate surface area is 105 Å². The lowest BCUT2D eigenvalue weighted by Crippen LogP contribution is -2.33. The lowest BCUT2D eigenvalue weighted by atomic mass is 9.76. The molecule has 0 radical (unpaired) electrons. The molecule has 0 bridgehead atoms. The average molecular weight is 258 g/mol. The summed E-state index contributed by atoms with van der Waals surface area (Å²) in [5.41, 5.74) is -0.271. The zero-order valence-corrected chi connectivity index (χ0v) is 10.3. The van der Waals surface area contributed by atoms with Crippen LogP contribution in [0.25, 0.3) is 0 Å². The first kappa shape index (κ1) is 13.3. The minimum absolute atomic E-state index is 0.228. The van der Waals surface area contributed by atoms with E-state index in [1.807, 2.05) is 6.92 Å². The highest BCUT2D eigenvalue weighted by molar-refractivity contribution is 5.30. The first-order valence-corrected chi connectivity index (χ1v) is 6.28. The SMILES string of the molecule is CCNC(c1cnccc1C(F)(F)F)C1CCC1. The molecule has 1 unspecified atom stereocenters. The Kier molecular flexibility index (Phi) is 3.90. The van der Waals surface area contributed by atoms with Crippen LogP contribution in [0.1, 0.15) is 43.4 Å². The van der Waals surface area contributed by atoms with Gasteiger partial charge in [-0.3, -0.25) is 4.98 Å². The monoisotopic (exact) mass is 258 g/mol. The topological polar surface area (TPSA) is 24.9 Å². The van der Waals surface area contributed by atoms with Crippen LogP contribution in [-0.2, 0) is 6.18 Å². The second-order valence-electron chi connectivity index (χ2n) is 4.69. The normalized spacial score (nSPS) is 18.4. The molecule has 1 fully saturated rings. The zero-order chi connectivity index (χ0) is 13.2. The van der Waals surface area contributed by atoms with Crippen molar-refractivity contribution in [2.75, 3.05) is 6.54 Å². The number of pyridine rings is 1. The summed E-state index contributed by atoms with van der Waals surface area (Å²) in [5.74, 6) is 0.301. The van der Waals surface area contributed by atoms with Crippen LogP contribution in [-0.4, -0.2) is 11.5 Å². The molecule has 1 aromatic rings. The molecular formula is C13H17F3N2. The summed E-state index contributed by atoms with van der Waals surface area (Å²) < 4.78 is 38.9. The molecule has 0 aliphatic heterocycles. The van der Waals surface area contributed by atoms with Gasteiger partial charge in [-0.2, -0.15) is 13.2 Å². The van der Waals surface area contributed by atoms with Crippen molar-refractivity contribution in [2.24, 2.45) is 5.92 Å². The Balaban J connectivity index is 2.34. The molecule has 0 spiro atoms. The number of halogens is 3. The lowest BCUT2D eigenvalue weighted by Gasteiger charge is -2.35. The second-order valence-corrected chi connectivity index (χ2v) is 4.69. The summed E-state index contributed by atoms with van der Waals surface area (Å²) >= 11 is 0. The number of hydrogen-bond acceptors (Lipinski definition) is 2. The Morgan fingerprint density at radius 3 is 2.67 bits per heavy atom. The number of aromatic nitrogens is 1. The Hall–Kier alpha value is -1.10. The van der Waals surface area contributed by atoms with E-state index in [0.717, 1.165) is 25.3 Å². The Morgan fingerprint density at radius 2 is 2.17 bits per heavy atom. The van der Waals surface area contributed by atoms with Crippen LogP contribution in [0.5, 0.6) is 0 Å². The van der Waals surface area contributed by atoms with Gasteiger partial charge in [-0.05, 0) is 36.9 Å². The first-order valence-electron chi connectivity index (χ1n) is 6.28. The Bertz CT molecular complexity index is 399. The van der Waals surface area contributed by atoms with E-state index >= 15 is 0 Å². The lowest BCUT2D eigenvalue weighted by molar-refractivity contribution is -0.138. The van der Waals surface area contributed by atoms with Gasteiger partial charge in [0.25, 0.3) is 0 Å². The summed E-state index contributed by atoms with van der Waals surface area (Å²) in [6, 6.07) is 0.840. The van der Waals surface area contributed by atoms with Crippen molar-refractivity contribution in [3.63, 3.8) is 0 Å². The highest BCUT2D eigenvalue weighted by Gasteiger charge is 2.38. The van der Waals surface area contributed by atoms with Crippen molar-refractivity contribution in [1.29, 1.82) is 0 Å². The van der Waals surface area contributed by atoms with Gasteiger partial charge < -0.3 is 5.32 Å². The van der Waals surface area contributed by atoms with Crippen LogP contribution in [0.3, 0.4) is 0 Å². The van der Waals surface area contributed by atoms with Crippen LogP contribution in [0.15, 0.2) is 18.5 Å². The maximum atomic E-state index is 13.0. The van der Waals surface area contributed by atoms with Gasteiger partial charge >= 0.3 is 6.18 Å². The van der Waals surface area contributed by atoms with Crippen molar-refractivity contribution in [1.82, 2.24) is 10.3 Å². The maximum Gasteiger partial charge on any atom is 0.416 e. The molecule has 1 aromatic heterocycles. The van der Waals surface area contributed by atoms with Crippen molar-refractivity contribution < 1.29 is 13.2 Å². The third kappa shape index (κ3) is 2.66. The summed E-state index contributed by atoms with van der Waals surface area (Å²) in [6.07, 6.45) is 1.34. The second kappa shape index (κ2) is 5.26. The largest absolute Gasteiger partial charge is 0.416 e. The van der Waals surface area contributed by atoms with Gasteiger partial charge in [-0.15, -0.1) is 0 Å². The minimum atomic E-state index is -4.31. The number of nitrogens with one attached hydrogen (secondary N) is 1. The fraction of sp³-hybridized carbons (Fsp3) is 0.615. The summed E-state index contributed by atoms with van der Waals surface area (Å²) in [7, 11) is 0. The third-order valence-electron chi connectivity index (χ3n) is 3.54. The molecule has 2 rings (SSSR count). The molecule has 1 aliphatic rings. The van der Waals surface area contributed by atoms with Crippen molar-refractivity contribution in [3.05, 3.63) is 29.6 Å². The fourth-order valence-electron chi connectivity index (χ4n) is 2.44. The van der Waals surface area contributed by atoms with E-state index in [4.69, 9.17) is 0 Å². The summed E-state index contributed by atoms with van der Waals surface area (Å²) in [5, 5.41) is 3.17. The van der Waals surface area contributed by atoms with E-state index in [1.165, 1.54) is 12.4 Å². The standard InChI is InChI=1S/C13H17F3N2/c1-2-18-12(9-4-3-5-9)10-8-17-7-6-11(10)13(14,15)16/h6-9,12,18H,2-5H2,1H3. The van der Waals surface area contributed by atoms with Crippen LogP contribution < -0.4 is 5.32 Å². The highest BCUT2D eigenvalue weighted by Crippen LogP contribution is 2.42. The van der Waals surface area contributed by atoms with Crippen molar-refractivity contribution >= 4 is 0 Å². The van der Waals surface area contributed by atoms with Crippen molar-refractivity contribution in [2.45, 2.75) is 38.4 Å². The molecule has 1 aliphatic carbocycles. The number of alkyl halides is 3. The van der Waals surface area contributed by atoms with Crippen LogP contribution in [0, 0.1) is 5.92 Å². The van der Waals surface area contributed by atoms with Gasteiger partial charge in [0.05, 0.1) is 5.56 Å². The molecule has 0 amide bonds. The minimum Gasteiger partial charge on any atom is -0.310 e. The van der Waals surface area contributed by atoms with E-state index in [-0.39, 0.29) is 11.6 Å². The predicted molar refractivity (Wildman–Crippen MR) is 63.0 cm³/mol. The van der Waals surface area contributed by atoms with E-state index in [2.05, 4.69) is 10.3 Å². The molecule has 18 heavy (non-hydrogen) atoms. The molecule has 100 valence electrons. The summed E-state index contributed by atoms with van der Waals surface area (Å²) in [4.78, 5) is 3.86. The van der Waals surface area contributed by atoms with Crippen LogP contribution in [0.2, 0.25) is 0 Å². The maximum absolute atomic E-state index is 13.0. The molecule has 5 heteroatoms. The zero-order valence-electron chi connectivity index (χ0n) is 10.3. The molecule has 0 saturated heterocycles. The predicted octanol–water partition coefficient (Wildman–Crippen LogP) is 3.55. The van der Waals surface area contributed by atoms with Crippen LogP contribution >= 0.6 is 0 Å². The van der Waals surface area contributed by atoms with Gasteiger partial charge in [0.15, 0.2) is 0 Å². The number of rotatable bonds is 4. The van der Waals surface area contributed by atoms with Gasteiger partial charge in [0.1, 0.15) is 0 Å². The van der Waals surface area contributed by atoms with Gasteiger partial charge in [0, 0.05) is 18.4 Å². The highest BCUT2D eigenvalue weighted by atomic mass is 19.4. The quantitative estimate of drug-likeness (QED) is 0.893. The van der Waals surface area contributed by atoms with E-state index in [9.17, 15) is 13.2 Å². The fourth-order valence-corrected chi connectivity index (χ4v) is 2.44. The Morgan fingerprint density at radius 1 is 1.44 bits per heavy atom.